The van der Waals surface area contributed by atoms with Crippen molar-refractivity contribution < 1.29 is 14.3 Å². The number of nitrogens with zero attached hydrogens (tertiary/aromatic N) is 3. The number of benzene rings is 1. The summed E-state index contributed by atoms with van der Waals surface area (Å²) in [7, 11) is 0. The summed E-state index contributed by atoms with van der Waals surface area (Å²) in [4.78, 5) is 15.7. The van der Waals surface area contributed by atoms with Crippen LogP contribution in [-0.4, -0.2) is 30.4 Å². The van der Waals surface area contributed by atoms with Crippen LogP contribution in [0.25, 0.3) is 0 Å². The zero-order valence-electron chi connectivity index (χ0n) is 13.4. The molecule has 1 N–H and O–H groups in total. The molecule has 0 bridgehead atoms. The molecule has 2 aromatic rings. The second-order valence-electron chi connectivity index (χ2n) is 4.62. The number of nitrogens with one attached hydrogen (secondary N) is 1. The first-order valence-corrected chi connectivity index (χ1v) is 8.98. The molecule has 0 aliphatic heterocycles. The Hall–Kier alpha value is -2.44. The molecule has 0 spiro atoms. The van der Waals surface area contributed by atoms with Crippen molar-refractivity contribution >= 4 is 44.6 Å². The van der Waals surface area contributed by atoms with Crippen LogP contribution >= 0.6 is 27.3 Å². The lowest BCUT2D eigenvalue weighted by atomic mass is 10.2. The number of halogens is 1. The van der Waals surface area contributed by atoms with Gasteiger partial charge in [0.2, 0.25) is 5.13 Å². The van der Waals surface area contributed by atoms with E-state index in [2.05, 4.69) is 31.4 Å². The second kappa shape index (κ2) is 9.76. The molecule has 0 unspecified atom stereocenters. The molecule has 1 heterocycles. The summed E-state index contributed by atoms with van der Waals surface area (Å²) < 4.78 is 11.1. The van der Waals surface area contributed by atoms with Crippen molar-refractivity contribution in [1.29, 1.82) is 5.26 Å². The van der Waals surface area contributed by atoms with Gasteiger partial charge in [0.25, 0.3) is 0 Å². The van der Waals surface area contributed by atoms with E-state index in [9.17, 15) is 4.79 Å². The van der Waals surface area contributed by atoms with Gasteiger partial charge in [0, 0.05) is 15.4 Å². The van der Waals surface area contributed by atoms with Gasteiger partial charge in [-0.15, -0.1) is 11.3 Å². The number of aromatic nitrogens is 1. The molecule has 1 aromatic heterocycles. The molecule has 7 nitrogen and oxygen atoms in total. The van der Waals surface area contributed by atoms with Crippen molar-refractivity contribution in [2.75, 3.05) is 18.6 Å². The minimum absolute atomic E-state index is 0.0421. The number of carbonyl (C=O) groups excluding carboxylic acids is 1. The third-order valence-corrected chi connectivity index (χ3v) is 4.10. The first-order chi connectivity index (χ1) is 12.1. The van der Waals surface area contributed by atoms with E-state index in [1.165, 1.54) is 11.3 Å². The number of anilines is 1. The van der Waals surface area contributed by atoms with Gasteiger partial charge in [0.15, 0.2) is 6.61 Å². The molecule has 2 rings (SSSR count). The molecule has 0 amide bonds. The monoisotopic (exact) mass is 422 g/mol. The fraction of sp³-hybridized carbons (Fsp3) is 0.250. The normalized spacial score (nSPS) is 10.4. The largest absolute Gasteiger partial charge is 0.478 e. The van der Waals surface area contributed by atoms with Crippen LogP contribution in [0.15, 0.2) is 33.2 Å². The lowest BCUT2D eigenvalue weighted by molar-refractivity contribution is -0.142. The fourth-order valence-corrected chi connectivity index (χ4v) is 2.86. The third kappa shape index (κ3) is 6.17. The standard InChI is InChI=1S/C16H15BrN4O3S/c1-2-23-15(22)8-13-10-25-16(20-13)21-19-9-11-7-12(17)3-4-14(11)24-6-5-18/h3-4,7,9-10H,2,6,8H2,1H3,(H,20,21). The number of ether oxygens (including phenoxy) is 2. The molecule has 0 saturated carbocycles. The summed E-state index contributed by atoms with van der Waals surface area (Å²) in [5, 5.41) is 15.1. The summed E-state index contributed by atoms with van der Waals surface area (Å²) >= 11 is 4.72. The number of esters is 1. The summed E-state index contributed by atoms with van der Waals surface area (Å²) in [6.45, 7) is 2.07. The number of carbonyl (C=O) groups is 1. The Bertz CT molecular complexity index is 801. The molecule has 25 heavy (non-hydrogen) atoms. The van der Waals surface area contributed by atoms with Crippen LogP contribution in [0.5, 0.6) is 5.75 Å². The maximum Gasteiger partial charge on any atom is 0.311 e. The molecular weight excluding hydrogens is 408 g/mol. The van der Waals surface area contributed by atoms with Gasteiger partial charge in [0.05, 0.1) is 24.9 Å². The molecule has 0 radical (unpaired) electrons. The summed E-state index contributed by atoms with van der Waals surface area (Å²) in [5.74, 6) is 0.244. The predicted octanol–water partition coefficient (Wildman–Crippen LogP) is 3.36. The van der Waals surface area contributed by atoms with Gasteiger partial charge in [-0.05, 0) is 25.1 Å². The molecule has 130 valence electrons. The highest BCUT2D eigenvalue weighted by molar-refractivity contribution is 9.10. The van der Waals surface area contributed by atoms with E-state index in [0.717, 1.165) is 4.47 Å². The SMILES string of the molecule is CCOC(=O)Cc1csc(NN=Cc2cc(Br)ccc2OCC#N)n1. The lowest BCUT2D eigenvalue weighted by Crippen LogP contribution is -2.07. The van der Waals surface area contributed by atoms with Crippen molar-refractivity contribution in [3.8, 4) is 11.8 Å². The number of hydrogen-bond acceptors (Lipinski definition) is 8. The van der Waals surface area contributed by atoms with E-state index in [1.54, 1.807) is 24.6 Å². The lowest BCUT2D eigenvalue weighted by Gasteiger charge is -2.05. The van der Waals surface area contributed by atoms with Crippen molar-refractivity contribution in [2.45, 2.75) is 13.3 Å². The highest BCUT2D eigenvalue weighted by Crippen LogP contribution is 2.22. The maximum atomic E-state index is 11.4. The fourth-order valence-electron chi connectivity index (χ4n) is 1.82. The van der Waals surface area contributed by atoms with E-state index in [1.807, 2.05) is 18.2 Å². The Balaban J connectivity index is 1.99. The minimum atomic E-state index is -0.309. The van der Waals surface area contributed by atoms with Gasteiger partial charge < -0.3 is 9.47 Å². The van der Waals surface area contributed by atoms with E-state index in [4.69, 9.17) is 14.7 Å². The van der Waals surface area contributed by atoms with Crippen LogP contribution < -0.4 is 10.2 Å². The van der Waals surface area contributed by atoms with Gasteiger partial charge >= 0.3 is 5.97 Å². The third-order valence-electron chi connectivity index (χ3n) is 2.81. The number of hydrazone groups is 1. The number of rotatable bonds is 8. The molecule has 9 heteroatoms. The molecule has 1 aromatic carbocycles. The van der Waals surface area contributed by atoms with Gasteiger partial charge in [-0.1, -0.05) is 15.9 Å². The maximum absolute atomic E-state index is 11.4. The van der Waals surface area contributed by atoms with E-state index in [-0.39, 0.29) is 19.0 Å². The first kappa shape index (κ1) is 18.9. The second-order valence-corrected chi connectivity index (χ2v) is 6.40. The Morgan fingerprint density at radius 2 is 2.40 bits per heavy atom. The zero-order chi connectivity index (χ0) is 18.1. The van der Waals surface area contributed by atoms with E-state index >= 15 is 0 Å². The smallest absolute Gasteiger partial charge is 0.311 e. The van der Waals surface area contributed by atoms with Crippen molar-refractivity contribution in [2.24, 2.45) is 5.10 Å². The predicted molar refractivity (Wildman–Crippen MR) is 98.9 cm³/mol. The Morgan fingerprint density at radius 1 is 1.56 bits per heavy atom. The Morgan fingerprint density at radius 3 is 3.16 bits per heavy atom. The summed E-state index contributed by atoms with van der Waals surface area (Å²) in [5.41, 5.74) is 4.15. The average Bonchev–Trinajstić information content (AvgIpc) is 3.01. The quantitative estimate of drug-likeness (QED) is 0.397. The van der Waals surface area contributed by atoms with Crippen molar-refractivity contribution in [3.63, 3.8) is 0 Å². The molecule has 0 aliphatic rings. The minimum Gasteiger partial charge on any atom is -0.478 e. The molecule has 0 aliphatic carbocycles. The van der Waals surface area contributed by atoms with Crippen LogP contribution in [0.1, 0.15) is 18.2 Å². The molecular formula is C16H15BrN4O3S. The average molecular weight is 423 g/mol. The zero-order valence-corrected chi connectivity index (χ0v) is 15.8. The van der Waals surface area contributed by atoms with Crippen LogP contribution in [-0.2, 0) is 16.0 Å². The Labute approximate surface area is 157 Å². The Kier molecular flexibility index (Phi) is 7.37. The molecule has 0 atom stereocenters. The number of thiazole rings is 1. The van der Waals surface area contributed by atoms with Crippen LogP contribution in [0.3, 0.4) is 0 Å². The highest BCUT2D eigenvalue weighted by atomic mass is 79.9. The van der Waals surface area contributed by atoms with Gasteiger partial charge in [0.1, 0.15) is 11.8 Å². The van der Waals surface area contributed by atoms with Gasteiger partial charge in [-0.3, -0.25) is 10.2 Å². The van der Waals surface area contributed by atoms with Crippen molar-refractivity contribution in [3.05, 3.63) is 39.3 Å². The van der Waals surface area contributed by atoms with Crippen LogP contribution in [0, 0.1) is 11.3 Å². The van der Waals surface area contributed by atoms with Crippen LogP contribution in [0.4, 0.5) is 5.13 Å². The topological polar surface area (TPSA) is 96.6 Å². The molecule has 0 saturated heterocycles. The van der Waals surface area contributed by atoms with Crippen molar-refractivity contribution in [1.82, 2.24) is 4.98 Å². The number of nitriles is 1. The van der Waals surface area contributed by atoms with E-state index < -0.39 is 0 Å². The highest BCUT2D eigenvalue weighted by Gasteiger charge is 2.08. The number of hydrogen-bond donors (Lipinski definition) is 1. The summed E-state index contributed by atoms with van der Waals surface area (Å²) in [6, 6.07) is 7.33. The summed E-state index contributed by atoms with van der Waals surface area (Å²) in [6.07, 6.45) is 1.71. The van der Waals surface area contributed by atoms with E-state index in [0.29, 0.717) is 28.7 Å². The van der Waals surface area contributed by atoms with Gasteiger partial charge in [-0.2, -0.15) is 10.4 Å². The molecule has 0 fully saturated rings. The van der Waals surface area contributed by atoms with Gasteiger partial charge in [-0.25, -0.2) is 4.98 Å². The van der Waals surface area contributed by atoms with Crippen LogP contribution in [0.2, 0.25) is 0 Å². The first-order valence-electron chi connectivity index (χ1n) is 7.30.